The second-order valence-electron chi connectivity index (χ2n) is 6.59. The van der Waals surface area contributed by atoms with Gasteiger partial charge in [-0.2, -0.15) is 0 Å². The third kappa shape index (κ3) is 10.4. The Morgan fingerprint density at radius 3 is 2.00 bits per heavy atom. The number of rotatable bonds is 15. The standard InChI is InChI=1S/C21H34O3/c1-2-3-4-5-6-7-8-9-10-14-17-20(21(22)23)24-18-19-15-12-11-13-16-19/h11-13,15-16,20H,2-10,14,17-18H2,1H3,(H,22,23)/t20-/m1/s1. The van der Waals surface area contributed by atoms with Crippen LogP contribution < -0.4 is 0 Å². The summed E-state index contributed by atoms with van der Waals surface area (Å²) in [5.74, 6) is -0.846. The average molecular weight is 334 g/mol. The molecule has 0 amide bonds. The molecule has 3 heteroatoms. The lowest BCUT2D eigenvalue weighted by Gasteiger charge is -2.13. The topological polar surface area (TPSA) is 46.5 Å². The third-order valence-electron chi connectivity index (χ3n) is 4.39. The second-order valence-corrected chi connectivity index (χ2v) is 6.59. The Kier molecular flexibility index (Phi) is 12.1. The lowest BCUT2D eigenvalue weighted by molar-refractivity contribution is -0.151. The molecule has 0 aliphatic rings. The van der Waals surface area contributed by atoms with Crippen LogP contribution in [0.5, 0.6) is 0 Å². The highest BCUT2D eigenvalue weighted by Gasteiger charge is 2.17. The lowest BCUT2D eigenvalue weighted by Crippen LogP contribution is -2.23. The summed E-state index contributed by atoms with van der Waals surface area (Å²) in [6.45, 7) is 2.61. The van der Waals surface area contributed by atoms with Crippen molar-refractivity contribution in [3.63, 3.8) is 0 Å². The highest BCUT2D eigenvalue weighted by Crippen LogP contribution is 2.14. The van der Waals surface area contributed by atoms with Crippen molar-refractivity contribution in [2.45, 2.75) is 90.3 Å². The molecule has 136 valence electrons. The molecule has 0 saturated heterocycles. The monoisotopic (exact) mass is 334 g/mol. The van der Waals surface area contributed by atoms with Gasteiger partial charge in [-0.25, -0.2) is 4.79 Å². The first kappa shape index (κ1) is 20.7. The molecule has 0 aliphatic heterocycles. The van der Waals surface area contributed by atoms with Crippen LogP contribution in [0, 0.1) is 0 Å². The van der Waals surface area contributed by atoms with Gasteiger partial charge in [0.2, 0.25) is 0 Å². The third-order valence-corrected chi connectivity index (χ3v) is 4.39. The van der Waals surface area contributed by atoms with Gasteiger partial charge in [-0.15, -0.1) is 0 Å². The number of unbranched alkanes of at least 4 members (excludes halogenated alkanes) is 9. The predicted molar refractivity (Wildman–Crippen MR) is 99.1 cm³/mol. The SMILES string of the molecule is CCCCCCCCCCCC[C@@H](OCc1ccccc1)C(=O)O. The normalized spacial score (nSPS) is 12.2. The van der Waals surface area contributed by atoms with Gasteiger partial charge in [0.05, 0.1) is 6.61 Å². The summed E-state index contributed by atoms with van der Waals surface area (Å²) in [6.07, 6.45) is 12.5. The molecule has 0 spiro atoms. The van der Waals surface area contributed by atoms with Crippen molar-refractivity contribution < 1.29 is 14.6 Å². The van der Waals surface area contributed by atoms with Crippen LogP contribution in [0.1, 0.15) is 83.1 Å². The molecule has 0 bridgehead atoms. The molecule has 1 N–H and O–H groups in total. The smallest absolute Gasteiger partial charge is 0.332 e. The summed E-state index contributed by atoms with van der Waals surface area (Å²) in [4.78, 5) is 11.3. The van der Waals surface area contributed by atoms with Gasteiger partial charge in [-0.1, -0.05) is 101 Å². The van der Waals surface area contributed by atoms with E-state index in [0.717, 1.165) is 18.4 Å². The summed E-state index contributed by atoms with van der Waals surface area (Å²) in [5, 5.41) is 9.27. The van der Waals surface area contributed by atoms with Gasteiger partial charge in [0.25, 0.3) is 0 Å². The molecule has 1 atom stereocenters. The maximum Gasteiger partial charge on any atom is 0.332 e. The summed E-state index contributed by atoms with van der Waals surface area (Å²) >= 11 is 0. The fraction of sp³-hybridized carbons (Fsp3) is 0.667. The van der Waals surface area contributed by atoms with Gasteiger partial charge in [-0.3, -0.25) is 0 Å². The number of carbonyl (C=O) groups is 1. The highest BCUT2D eigenvalue weighted by atomic mass is 16.5. The number of aliphatic carboxylic acids is 1. The summed E-state index contributed by atoms with van der Waals surface area (Å²) in [6, 6.07) is 9.74. The van der Waals surface area contributed by atoms with Crippen molar-refractivity contribution in [2.75, 3.05) is 0 Å². The van der Waals surface area contributed by atoms with Crippen molar-refractivity contribution in [3.8, 4) is 0 Å². The van der Waals surface area contributed by atoms with E-state index in [1.165, 1.54) is 51.4 Å². The first-order valence-corrected chi connectivity index (χ1v) is 9.62. The number of benzene rings is 1. The Morgan fingerprint density at radius 2 is 1.46 bits per heavy atom. The van der Waals surface area contributed by atoms with Crippen molar-refractivity contribution >= 4 is 5.97 Å². The second kappa shape index (κ2) is 14.0. The molecule has 1 rings (SSSR count). The van der Waals surface area contributed by atoms with E-state index in [-0.39, 0.29) is 0 Å². The van der Waals surface area contributed by atoms with Crippen molar-refractivity contribution in [3.05, 3.63) is 35.9 Å². The van der Waals surface area contributed by atoms with Crippen LogP contribution in [0.25, 0.3) is 0 Å². The van der Waals surface area contributed by atoms with Crippen LogP contribution in [-0.4, -0.2) is 17.2 Å². The van der Waals surface area contributed by atoms with E-state index in [2.05, 4.69) is 6.92 Å². The van der Waals surface area contributed by atoms with Crippen LogP contribution in [0.2, 0.25) is 0 Å². The van der Waals surface area contributed by atoms with E-state index in [1.807, 2.05) is 30.3 Å². The fourth-order valence-corrected chi connectivity index (χ4v) is 2.87. The molecule has 0 fully saturated rings. The van der Waals surface area contributed by atoms with E-state index in [1.54, 1.807) is 0 Å². The zero-order valence-corrected chi connectivity index (χ0v) is 15.2. The molecule has 1 aromatic rings. The Labute approximate surface area is 147 Å². The molecule has 0 heterocycles. The van der Waals surface area contributed by atoms with Crippen molar-refractivity contribution in [1.29, 1.82) is 0 Å². The molecule has 24 heavy (non-hydrogen) atoms. The molecular weight excluding hydrogens is 300 g/mol. The van der Waals surface area contributed by atoms with Gasteiger partial charge < -0.3 is 9.84 Å². The number of hydrogen-bond donors (Lipinski definition) is 1. The maximum absolute atomic E-state index is 11.3. The Balaban J connectivity index is 2.04. The first-order valence-electron chi connectivity index (χ1n) is 9.62. The van der Waals surface area contributed by atoms with Crippen molar-refractivity contribution in [1.82, 2.24) is 0 Å². The minimum atomic E-state index is -0.846. The molecular formula is C21H34O3. The number of carboxylic acids is 1. The lowest BCUT2D eigenvalue weighted by atomic mass is 10.0. The molecule has 0 aliphatic carbocycles. The number of hydrogen-bond acceptors (Lipinski definition) is 2. The van der Waals surface area contributed by atoms with Crippen LogP contribution in [0.3, 0.4) is 0 Å². The van der Waals surface area contributed by atoms with Crippen LogP contribution in [0.15, 0.2) is 30.3 Å². The number of carboxylic acid groups (broad SMARTS) is 1. The average Bonchev–Trinajstić information content (AvgIpc) is 2.59. The highest BCUT2D eigenvalue weighted by molar-refractivity contribution is 5.72. The van der Waals surface area contributed by atoms with E-state index >= 15 is 0 Å². The Hall–Kier alpha value is -1.35. The quantitative estimate of drug-likeness (QED) is 0.402. The van der Waals surface area contributed by atoms with E-state index in [4.69, 9.17) is 4.74 Å². The van der Waals surface area contributed by atoms with Gasteiger partial charge >= 0.3 is 5.97 Å². The van der Waals surface area contributed by atoms with Crippen LogP contribution >= 0.6 is 0 Å². The van der Waals surface area contributed by atoms with Crippen molar-refractivity contribution in [2.24, 2.45) is 0 Å². The molecule has 1 aromatic carbocycles. The molecule has 0 saturated carbocycles. The van der Waals surface area contributed by atoms with Crippen LogP contribution in [0.4, 0.5) is 0 Å². The zero-order chi connectivity index (χ0) is 17.5. The van der Waals surface area contributed by atoms with Crippen LogP contribution in [-0.2, 0) is 16.1 Å². The minimum absolute atomic E-state index is 0.371. The fourth-order valence-electron chi connectivity index (χ4n) is 2.87. The van der Waals surface area contributed by atoms with Gasteiger partial charge in [-0.05, 0) is 12.0 Å². The summed E-state index contributed by atoms with van der Waals surface area (Å²) in [7, 11) is 0. The molecule has 0 unspecified atom stereocenters. The zero-order valence-electron chi connectivity index (χ0n) is 15.2. The largest absolute Gasteiger partial charge is 0.479 e. The van der Waals surface area contributed by atoms with E-state index in [0.29, 0.717) is 13.0 Å². The molecule has 0 aromatic heterocycles. The molecule has 0 radical (unpaired) electrons. The first-order chi connectivity index (χ1) is 11.7. The molecule has 3 nitrogen and oxygen atoms in total. The Bertz CT molecular complexity index is 416. The predicted octanol–water partition coefficient (Wildman–Crippen LogP) is 5.97. The maximum atomic E-state index is 11.3. The Morgan fingerprint density at radius 1 is 0.917 bits per heavy atom. The van der Waals surface area contributed by atoms with Gasteiger partial charge in [0.1, 0.15) is 0 Å². The number of ether oxygens (including phenoxy) is 1. The summed E-state index contributed by atoms with van der Waals surface area (Å²) in [5.41, 5.74) is 1.02. The van der Waals surface area contributed by atoms with E-state index in [9.17, 15) is 9.90 Å². The van der Waals surface area contributed by atoms with Gasteiger partial charge in [0.15, 0.2) is 6.10 Å². The van der Waals surface area contributed by atoms with Gasteiger partial charge in [0, 0.05) is 0 Å². The van der Waals surface area contributed by atoms with E-state index < -0.39 is 12.1 Å². The minimum Gasteiger partial charge on any atom is -0.479 e. The summed E-state index contributed by atoms with van der Waals surface area (Å²) < 4.78 is 5.57.